The average molecular weight is 301 g/mol. The Kier molecular flexibility index (Phi) is 7.46. The lowest BCUT2D eigenvalue weighted by Gasteiger charge is -2.27. The normalized spacial score (nSPS) is 22.9. The molecule has 0 aromatic rings. The molecule has 5 nitrogen and oxygen atoms in total. The number of hydrogen-bond acceptors (Lipinski definition) is 4. The number of nitrogens with zero attached hydrogens (tertiary/aromatic N) is 1. The van der Waals surface area contributed by atoms with Crippen LogP contribution in [0.25, 0.3) is 0 Å². The molecule has 0 aromatic carbocycles. The molecule has 5 heteroatoms. The lowest BCUT2D eigenvalue weighted by molar-refractivity contribution is 0.0176. The summed E-state index contributed by atoms with van der Waals surface area (Å²) >= 11 is 0. The predicted octanol–water partition coefficient (Wildman–Crippen LogP) is 2.55. The van der Waals surface area contributed by atoms with Gasteiger partial charge in [-0.3, -0.25) is 0 Å². The van der Waals surface area contributed by atoms with Gasteiger partial charge in [-0.25, -0.2) is 4.79 Å². The van der Waals surface area contributed by atoms with Crippen LogP contribution in [0.3, 0.4) is 0 Å². The summed E-state index contributed by atoms with van der Waals surface area (Å²) in [6.45, 7) is 6.66. The number of aliphatic hydroxyl groups is 2. The van der Waals surface area contributed by atoms with E-state index in [0.29, 0.717) is 19.1 Å². The highest BCUT2D eigenvalue weighted by molar-refractivity contribution is 5.68. The van der Waals surface area contributed by atoms with E-state index in [1.165, 1.54) is 25.7 Å². The van der Waals surface area contributed by atoms with Crippen LogP contribution in [-0.2, 0) is 4.74 Å². The van der Waals surface area contributed by atoms with Crippen molar-refractivity contribution in [2.75, 3.05) is 19.8 Å². The molecular weight excluding hydrogens is 270 g/mol. The van der Waals surface area contributed by atoms with Crippen molar-refractivity contribution in [1.82, 2.24) is 4.90 Å². The van der Waals surface area contributed by atoms with Crippen molar-refractivity contribution in [3.8, 4) is 0 Å². The molecule has 0 bridgehead atoms. The molecule has 1 aliphatic heterocycles. The Labute approximate surface area is 128 Å². The maximum atomic E-state index is 11.6. The minimum atomic E-state index is -0.459. The van der Waals surface area contributed by atoms with Crippen molar-refractivity contribution < 1.29 is 19.7 Å². The molecule has 2 rings (SSSR count). The highest BCUT2D eigenvalue weighted by Crippen LogP contribution is 2.23. The number of carbonyl (C=O) groups excluding carboxylic acids is 1. The standard InChI is InChI=1S/C10H19NO3.C6H12O/c1-10(2,3)14-9(13)11-6-4-5-8(11)7-12;7-5-6-3-1-2-4-6/h8,12H,4-7H2,1-3H3;6-7H,1-5H2/t8-;/m1./s1. The fraction of sp³-hybridized carbons (Fsp3) is 0.938. The van der Waals surface area contributed by atoms with Gasteiger partial charge in [-0.05, 0) is 52.4 Å². The van der Waals surface area contributed by atoms with E-state index < -0.39 is 5.60 Å². The van der Waals surface area contributed by atoms with Gasteiger partial charge in [-0.15, -0.1) is 0 Å². The Hall–Kier alpha value is -0.810. The lowest BCUT2D eigenvalue weighted by Crippen LogP contribution is -2.41. The maximum absolute atomic E-state index is 11.6. The highest BCUT2D eigenvalue weighted by atomic mass is 16.6. The predicted molar refractivity (Wildman–Crippen MR) is 82.1 cm³/mol. The monoisotopic (exact) mass is 301 g/mol. The maximum Gasteiger partial charge on any atom is 0.410 e. The van der Waals surface area contributed by atoms with Crippen molar-refractivity contribution in [3.63, 3.8) is 0 Å². The molecule has 2 fully saturated rings. The van der Waals surface area contributed by atoms with E-state index in [4.69, 9.17) is 14.9 Å². The van der Waals surface area contributed by atoms with Gasteiger partial charge in [0, 0.05) is 13.2 Å². The third-order valence-electron chi connectivity index (χ3n) is 3.95. The Balaban J connectivity index is 0.000000262. The second kappa shape index (κ2) is 8.59. The fourth-order valence-corrected chi connectivity index (χ4v) is 2.78. The fourth-order valence-electron chi connectivity index (χ4n) is 2.78. The van der Waals surface area contributed by atoms with Crippen LogP contribution in [0.1, 0.15) is 59.3 Å². The molecule has 1 aliphatic carbocycles. The van der Waals surface area contributed by atoms with E-state index in [1.807, 2.05) is 20.8 Å². The smallest absolute Gasteiger partial charge is 0.410 e. The number of carbonyl (C=O) groups is 1. The molecule has 124 valence electrons. The molecule has 0 radical (unpaired) electrons. The average Bonchev–Trinajstić information content (AvgIpc) is 3.08. The first-order valence-corrected chi connectivity index (χ1v) is 8.08. The number of rotatable bonds is 2. The Morgan fingerprint density at radius 1 is 1.10 bits per heavy atom. The Bertz CT molecular complexity index is 308. The molecule has 0 aromatic heterocycles. The summed E-state index contributed by atoms with van der Waals surface area (Å²) in [5.41, 5.74) is -0.459. The van der Waals surface area contributed by atoms with Crippen molar-refractivity contribution in [3.05, 3.63) is 0 Å². The number of ether oxygens (including phenoxy) is 1. The molecule has 1 heterocycles. The molecular formula is C16H31NO4. The quantitative estimate of drug-likeness (QED) is 0.822. The lowest BCUT2D eigenvalue weighted by atomic mass is 10.1. The van der Waals surface area contributed by atoms with Crippen LogP contribution in [0.4, 0.5) is 4.79 Å². The molecule has 1 saturated heterocycles. The van der Waals surface area contributed by atoms with Gasteiger partial charge in [0.1, 0.15) is 5.60 Å². The summed E-state index contributed by atoms with van der Waals surface area (Å²) in [5.74, 6) is 0.653. The highest BCUT2D eigenvalue weighted by Gasteiger charge is 2.31. The van der Waals surface area contributed by atoms with Crippen LogP contribution in [0.15, 0.2) is 0 Å². The van der Waals surface area contributed by atoms with Gasteiger partial charge < -0.3 is 19.8 Å². The third kappa shape index (κ3) is 6.66. The second-order valence-electron chi connectivity index (χ2n) is 6.99. The van der Waals surface area contributed by atoms with E-state index in [9.17, 15) is 4.79 Å². The summed E-state index contributed by atoms with van der Waals surface area (Å²) in [7, 11) is 0. The summed E-state index contributed by atoms with van der Waals surface area (Å²) in [5, 5.41) is 17.6. The van der Waals surface area contributed by atoms with Gasteiger partial charge in [-0.1, -0.05) is 12.8 Å². The molecule has 2 aliphatic rings. The van der Waals surface area contributed by atoms with Crippen molar-refractivity contribution in [1.29, 1.82) is 0 Å². The summed E-state index contributed by atoms with van der Waals surface area (Å²) in [6.07, 6.45) is 6.71. The van der Waals surface area contributed by atoms with E-state index in [1.54, 1.807) is 4.90 Å². The number of aliphatic hydroxyl groups excluding tert-OH is 2. The van der Waals surface area contributed by atoms with E-state index >= 15 is 0 Å². The molecule has 0 unspecified atom stereocenters. The molecule has 21 heavy (non-hydrogen) atoms. The zero-order valence-electron chi connectivity index (χ0n) is 13.7. The van der Waals surface area contributed by atoms with Crippen molar-refractivity contribution in [2.24, 2.45) is 5.92 Å². The number of hydrogen-bond donors (Lipinski definition) is 2. The van der Waals surface area contributed by atoms with Gasteiger partial charge >= 0.3 is 6.09 Å². The molecule has 1 saturated carbocycles. The summed E-state index contributed by atoms with van der Waals surface area (Å²) < 4.78 is 5.23. The SMILES string of the molecule is CC(C)(C)OC(=O)N1CCC[C@@H]1CO.OCC1CCCC1. The van der Waals surface area contributed by atoms with Crippen LogP contribution >= 0.6 is 0 Å². The van der Waals surface area contributed by atoms with Crippen LogP contribution in [0.5, 0.6) is 0 Å². The van der Waals surface area contributed by atoms with Gasteiger partial charge in [0.2, 0.25) is 0 Å². The van der Waals surface area contributed by atoms with Crippen LogP contribution in [0.2, 0.25) is 0 Å². The van der Waals surface area contributed by atoms with Crippen LogP contribution in [0, 0.1) is 5.92 Å². The minimum absolute atomic E-state index is 0.0270. The van der Waals surface area contributed by atoms with Gasteiger partial charge in [0.25, 0.3) is 0 Å². The van der Waals surface area contributed by atoms with Crippen molar-refractivity contribution in [2.45, 2.75) is 70.9 Å². The molecule has 1 amide bonds. The van der Waals surface area contributed by atoms with Crippen LogP contribution < -0.4 is 0 Å². The van der Waals surface area contributed by atoms with Gasteiger partial charge in [0.05, 0.1) is 12.6 Å². The minimum Gasteiger partial charge on any atom is -0.444 e. The summed E-state index contributed by atoms with van der Waals surface area (Å²) in [6, 6.07) is -0.0511. The topological polar surface area (TPSA) is 70.0 Å². The van der Waals surface area contributed by atoms with E-state index in [-0.39, 0.29) is 18.7 Å². The first-order chi connectivity index (χ1) is 9.87. The number of likely N-dealkylation sites (tertiary alicyclic amines) is 1. The van der Waals surface area contributed by atoms with E-state index in [2.05, 4.69) is 0 Å². The number of amides is 1. The van der Waals surface area contributed by atoms with Crippen LogP contribution in [-0.4, -0.2) is 52.6 Å². The van der Waals surface area contributed by atoms with Gasteiger partial charge in [0.15, 0.2) is 0 Å². The Morgan fingerprint density at radius 2 is 1.71 bits per heavy atom. The molecule has 1 atom stereocenters. The first-order valence-electron chi connectivity index (χ1n) is 8.08. The van der Waals surface area contributed by atoms with Gasteiger partial charge in [-0.2, -0.15) is 0 Å². The first kappa shape index (κ1) is 18.2. The zero-order chi connectivity index (χ0) is 15.9. The Morgan fingerprint density at radius 3 is 2.14 bits per heavy atom. The third-order valence-corrected chi connectivity index (χ3v) is 3.95. The zero-order valence-corrected chi connectivity index (χ0v) is 13.7. The molecule has 2 N–H and O–H groups in total. The summed E-state index contributed by atoms with van der Waals surface area (Å²) in [4.78, 5) is 13.2. The second-order valence-corrected chi connectivity index (χ2v) is 6.99. The van der Waals surface area contributed by atoms with E-state index in [0.717, 1.165) is 12.8 Å². The molecule has 0 spiro atoms. The largest absolute Gasteiger partial charge is 0.444 e. The van der Waals surface area contributed by atoms with Crippen molar-refractivity contribution >= 4 is 6.09 Å².